The average Bonchev–Trinajstić information content (AvgIpc) is 2.93. The number of aromatic amines is 1. The van der Waals surface area contributed by atoms with Crippen molar-refractivity contribution < 1.29 is 0 Å². The first-order chi connectivity index (χ1) is 9.38. The maximum absolute atomic E-state index is 5.79. The molecule has 2 nitrogen and oxygen atoms in total. The van der Waals surface area contributed by atoms with Crippen LogP contribution in [0, 0.1) is 0 Å². The minimum Gasteiger partial charge on any atom is -0.361 e. The number of aromatic nitrogens is 1. The molecule has 2 heteroatoms. The zero-order valence-electron chi connectivity index (χ0n) is 10.8. The summed E-state index contributed by atoms with van der Waals surface area (Å²) in [6.45, 7) is 0.699. The minimum atomic E-state index is 0.380. The summed E-state index contributed by atoms with van der Waals surface area (Å²) in [7, 11) is 0. The second-order valence-corrected chi connectivity index (χ2v) is 4.86. The summed E-state index contributed by atoms with van der Waals surface area (Å²) < 4.78 is 0. The van der Waals surface area contributed by atoms with Crippen molar-refractivity contribution in [1.82, 2.24) is 4.98 Å². The predicted molar refractivity (Wildman–Crippen MR) is 80.3 cm³/mol. The molecule has 1 heterocycles. The third-order valence-electron chi connectivity index (χ3n) is 3.64. The second kappa shape index (κ2) is 5.29. The van der Waals surface area contributed by atoms with Crippen molar-refractivity contribution in [3.63, 3.8) is 0 Å². The summed E-state index contributed by atoms with van der Waals surface area (Å²) >= 11 is 0. The lowest BCUT2D eigenvalue weighted by Gasteiger charge is -2.17. The molecule has 0 bridgehead atoms. The summed E-state index contributed by atoms with van der Waals surface area (Å²) in [5.74, 6) is 0.380. The topological polar surface area (TPSA) is 41.8 Å². The first-order valence-electron chi connectivity index (χ1n) is 6.70. The van der Waals surface area contributed by atoms with E-state index in [4.69, 9.17) is 5.73 Å². The largest absolute Gasteiger partial charge is 0.361 e. The molecule has 0 aliphatic heterocycles. The van der Waals surface area contributed by atoms with Gasteiger partial charge in [0.25, 0.3) is 0 Å². The molecule has 2 aromatic carbocycles. The van der Waals surface area contributed by atoms with E-state index in [9.17, 15) is 0 Å². The summed E-state index contributed by atoms with van der Waals surface area (Å²) in [6, 6.07) is 19.3. The number of rotatable bonds is 4. The SMILES string of the molecule is NCCC(c1ccccc1)c1ccc2[nH]ccc2c1. The van der Waals surface area contributed by atoms with Crippen molar-refractivity contribution in [2.45, 2.75) is 12.3 Å². The molecule has 0 fully saturated rings. The third-order valence-corrected chi connectivity index (χ3v) is 3.64. The van der Waals surface area contributed by atoms with Crippen molar-refractivity contribution in [2.24, 2.45) is 5.73 Å². The first-order valence-corrected chi connectivity index (χ1v) is 6.70. The number of H-pyrrole nitrogens is 1. The van der Waals surface area contributed by atoms with Crippen molar-refractivity contribution in [3.05, 3.63) is 71.9 Å². The van der Waals surface area contributed by atoms with Gasteiger partial charge in [0.05, 0.1) is 0 Å². The Hall–Kier alpha value is -2.06. The van der Waals surface area contributed by atoms with Crippen LogP contribution >= 0.6 is 0 Å². The Morgan fingerprint density at radius 3 is 2.58 bits per heavy atom. The number of benzene rings is 2. The maximum Gasteiger partial charge on any atom is 0.0454 e. The number of nitrogens with two attached hydrogens (primary N) is 1. The van der Waals surface area contributed by atoms with Crippen LogP contribution in [0.1, 0.15) is 23.5 Å². The molecule has 0 aliphatic carbocycles. The van der Waals surface area contributed by atoms with Gasteiger partial charge in [-0.2, -0.15) is 0 Å². The smallest absolute Gasteiger partial charge is 0.0454 e. The zero-order chi connectivity index (χ0) is 13.1. The lowest BCUT2D eigenvalue weighted by atomic mass is 9.88. The molecule has 3 aromatic rings. The molecule has 0 spiro atoms. The standard InChI is InChI=1S/C17H18N2/c18-10-8-16(13-4-2-1-3-5-13)14-6-7-17-15(12-14)9-11-19-17/h1-7,9,11-12,16,19H,8,10,18H2. The Labute approximate surface area is 113 Å². The van der Waals surface area contributed by atoms with E-state index in [0.717, 1.165) is 6.42 Å². The molecule has 1 aromatic heterocycles. The van der Waals surface area contributed by atoms with Gasteiger partial charge in [-0.15, -0.1) is 0 Å². The van der Waals surface area contributed by atoms with Gasteiger partial charge >= 0.3 is 0 Å². The molecule has 96 valence electrons. The van der Waals surface area contributed by atoms with Crippen molar-refractivity contribution in [1.29, 1.82) is 0 Å². The van der Waals surface area contributed by atoms with E-state index in [-0.39, 0.29) is 0 Å². The lowest BCUT2D eigenvalue weighted by Crippen LogP contribution is -2.08. The van der Waals surface area contributed by atoms with Crippen LogP contribution in [-0.4, -0.2) is 11.5 Å². The third kappa shape index (κ3) is 2.40. The summed E-state index contributed by atoms with van der Waals surface area (Å²) in [5.41, 5.74) is 9.65. The van der Waals surface area contributed by atoms with Gasteiger partial charge in [0.1, 0.15) is 0 Å². The van der Waals surface area contributed by atoms with Gasteiger partial charge in [-0.3, -0.25) is 0 Å². The Kier molecular flexibility index (Phi) is 3.34. The minimum absolute atomic E-state index is 0.380. The Balaban J connectivity index is 2.03. The van der Waals surface area contributed by atoms with Crippen LogP contribution in [0.3, 0.4) is 0 Å². The molecule has 0 amide bonds. The highest BCUT2D eigenvalue weighted by Gasteiger charge is 2.13. The van der Waals surface area contributed by atoms with Crippen LogP contribution in [0.15, 0.2) is 60.8 Å². The zero-order valence-corrected chi connectivity index (χ0v) is 10.8. The highest BCUT2D eigenvalue weighted by molar-refractivity contribution is 5.80. The van der Waals surface area contributed by atoms with Gasteiger partial charge in [0.2, 0.25) is 0 Å². The predicted octanol–water partition coefficient (Wildman–Crippen LogP) is 3.65. The van der Waals surface area contributed by atoms with E-state index >= 15 is 0 Å². The van der Waals surface area contributed by atoms with E-state index in [0.29, 0.717) is 12.5 Å². The summed E-state index contributed by atoms with van der Waals surface area (Å²) in [5, 5.41) is 1.26. The number of hydrogen-bond acceptors (Lipinski definition) is 1. The Morgan fingerprint density at radius 2 is 1.79 bits per heavy atom. The van der Waals surface area contributed by atoms with Crippen molar-refractivity contribution >= 4 is 10.9 Å². The molecule has 1 unspecified atom stereocenters. The molecule has 0 saturated carbocycles. The molecule has 19 heavy (non-hydrogen) atoms. The van der Waals surface area contributed by atoms with Gasteiger partial charge in [0.15, 0.2) is 0 Å². The molecule has 0 radical (unpaired) electrons. The fourth-order valence-corrected chi connectivity index (χ4v) is 2.67. The molecule has 0 aliphatic rings. The molecular weight excluding hydrogens is 232 g/mol. The Morgan fingerprint density at radius 1 is 0.947 bits per heavy atom. The molecule has 1 atom stereocenters. The van der Waals surface area contributed by atoms with Crippen LogP contribution in [0.2, 0.25) is 0 Å². The van der Waals surface area contributed by atoms with Gasteiger partial charge in [0, 0.05) is 17.6 Å². The summed E-state index contributed by atoms with van der Waals surface area (Å²) in [4.78, 5) is 3.23. The van der Waals surface area contributed by atoms with Crippen LogP contribution < -0.4 is 5.73 Å². The van der Waals surface area contributed by atoms with E-state index < -0.39 is 0 Å². The van der Waals surface area contributed by atoms with Crippen molar-refractivity contribution in [2.75, 3.05) is 6.54 Å². The normalized spacial score (nSPS) is 12.7. The van der Waals surface area contributed by atoms with Crippen LogP contribution in [0.25, 0.3) is 10.9 Å². The van der Waals surface area contributed by atoms with Gasteiger partial charge < -0.3 is 10.7 Å². The Bertz CT molecular complexity index is 655. The number of fused-ring (bicyclic) bond motifs is 1. The van der Waals surface area contributed by atoms with Crippen molar-refractivity contribution in [3.8, 4) is 0 Å². The second-order valence-electron chi connectivity index (χ2n) is 4.86. The maximum atomic E-state index is 5.79. The molecule has 3 rings (SSSR count). The highest BCUT2D eigenvalue weighted by Crippen LogP contribution is 2.29. The van der Waals surface area contributed by atoms with Crippen LogP contribution in [0.4, 0.5) is 0 Å². The quantitative estimate of drug-likeness (QED) is 0.729. The fourth-order valence-electron chi connectivity index (χ4n) is 2.67. The van der Waals surface area contributed by atoms with E-state index in [2.05, 4.69) is 59.6 Å². The molecular formula is C17H18N2. The van der Waals surface area contributed by atoms with Crippen LogP contribution in [0.5, 0.6) is 0 Å². The fraction of sp³-hybridized carbons (Fsp3) is 0.176. The van der Waals surface area contributed by atoms with Gasteiger partial charge in [-0.1, -0.05) is 36.4 Å². The average molecular weight is 250 g/mol. The number of hydrogen-bond donors (Lipinski definition) is 2. The summed E-state index contributed by atoms with van der Waals surface area (Å²) in [6.07, 6.45) is 2.95. The molecule has 0 saturated heterocycles. The van der Waals surface area contributed by atoms with E-state index in [1.807, 2.05) is 6.20 Å². The molecule has 3 N–H and O–H groups in total. The monoisotopic (exact) mass is 250 g/mol. The first kappa shape index (κ1) is 12.0. The van der Waals surface area contributed by atoms with E-state index in [1.54, 1.807) is 0 Å². The highest BCUT2D eigenvalue weighted by atomic mass is 14.7. The van der Waals surface area contributed by atoms with Gasteiger partial charge in [-0.25, -0.2) is 0 Å². The number of nitrogens with one attached hydrogen (secondary N) is 1. The van der Waals surface area contributed by atoms with E-state index in [1.165, 1.54) is 22.0 Å². The van der Waals surface area contributed by atoms with Gasteiger partial charge in [-0.05, 0) is 47.7 Å². The lowest BCUT2D eigenvalue weighted by molar-refractivity contribution is 0.727. The van der Waals surface area contributed by atoms with Crippen LogP contribution in [-0.2, 0) is 0 Å².